The summed E-state index contributed by atoms with van der Waals surface area (Å²) in [5.74, 6) is 0. The molecule has 0 fully saturated rings. The van der Waals surface area contributed by atoms with Crippen molar-refractivity contribution in [2.75, 3.05) is 0 Å². The monoisotopic (exact) mass is 146 g/mol. The second kappa shape index (κ2) is 2.05. The summed E-state index contributed by atoms with van der Waals surface area (Å²) in [5.41, 5.74) is 4.11. The van der Waals surface area contributed by atoms with Gasteiger partial charge in [-0.3, -0.25) is 5.10 Å². The van der Waals surface area contributed by atoms with E-state index in [1.807, 2.05) is 19.9 Å². The van der Waals surface area contributed by atoms with E-state index in [1.54, 1.807) is 0 Å². The number of hydrogen-bond acceptors (Lipinski definition) is 2. The second-order valence-electron chi connectivity index (χ2n) is 2.65. The number of hydrogen-bond donors (Lipinski definition) is 1. The smallest absolute Gasteiger partial charge is 0.121 e. The Morgan fingerprint density at radius 2 is 2.27 bits per heavy atom. The quantitative estimate of drug-likeness (QED) is 0.610. The number of rotatable bonds is 0. The molecule has 1 radical (unpaired) electrons. The van der Waals surface area contributed by atoms with E-state index in [1.165, 1.54) is 5.56 Å². The van der Waals surface area contributed by atoms with Gasteiger partial charge in [-0.2, -0.15) is 0 Å². The van der Waals surface area contributed by atoms with Crippen LogP contribution >= 0.6 is 0 Å². The molecule has 0 saturated heterocycles. The van der Waals surface area contributed by atoms with Crippen LogP contribution in [0.25, 0.3) is 11.0 Å². The highest BCUT2D eigenvalue weighted by Crippen LogP contribution is 2.13. The van der Waals surface area contributed by atoms with E-state index < -0.39 is 0 Å². The average Bonchev–Trinajstić information content (AvgIpc) is 2.36. The minimum atomic E-state index is 0.813. The van der Waals surface area contributed by atoms with Crippen LogP contribution in [0.5, 0.6) is 0 Å². The fourth-order valence-corrected chi connectivity index (χ4v) is 1.03. The standard InChI is InChI=1S/C8H8N3/c1-5-3-7-8(4-6(5)2)10-11-9-7/h3H,1-2H3,(H,9,10,11). The lowest BCUT2D eigenvalue weighted by Crippen LogP contribution is -1.80. The molecule has 0 saturated carbocycles. The van der Waals surface area contributed by atoms with Gasteiger partial charge in [-0.05, 0) is 31.0 Å². The zero-order chi connectivity index (χ0) is 7.84. The van der Waals surface area contributed by atoms with Gasteiger partial charge in [-0.25, -0.2) is 0 Å². The third-order valence-electron chi connectivity index (χ3n) is 1.83. The SMILES string of the molecule is Cc1[c]c2nn[nH]c2cc1C. The van der Waals surface area contributed by atoms with Crippen molar-refractivity contribution < 1.29 is 0 Å². The summed E-state index contributed by atoms with van der Waals surface area (Å²) in [7, 11) is 0. The topological polar surface area (TPSA) is 41.6 Å². The second-order valence-corrected chi connectivity index (χ2v) is 2.65. The first-order valence-corrected chi connectivity index (χ1v) is 3.47. The largest absolute Gasteiger partial charge is 0.258 e. The molecule has 3 nitrogen and oxygen atoms in total. The Kier molecular flexibility index (Phi) is 1.18. The molecule has 0 atom stereocenters. The molecule has 0 amide bonds. The van der Waals surface area contributed by atoms with Crippen LogP contribution in [0.3, 0.4) is 0 Å². The van der Waals surface area contributed by atoms with Gasteiger partial charge in [0.15, 0.2) is 0 Å². The first-order chi connectivity index (χ1) is 5.27. The molecule has 0 aliphatic heterocycles. The Bertz CT molecular complexity index is 353. The number of H-pyrrole nitrogens is 1. The zero-order valence-corrected chi connectivity index (χ0v) is 6.47. The molecule has 0 bridgehead atoms. The van der Waals surface area contributed by atoms with Gasteiger partial charge in [-0.15, -0.1) is 5.10 Å². The molecule has 2 rings (SSSR count). The fourth-order valence-electron chi connectivity index (χ4n) is 1.03. The van der Waals surface area contributed by atoms with E-state index in [9.17, 15) is 0 Å². The molecule has 11 heavy (non-hydrogen) atoms. The summed E-state index contributed by atoms with van der Waals surface area (Å²) in [5, 5.41) is 10.3. The molecular formula is C8H8N3. The molecule has 1 aromatic carbocycles. The number of nitrogens with one attached hydrogen (secondary N) is 1. The van der Waals surface area contributed by atoms with Gasteiger partial charge in [-0.1, -0.05) is 5.21 Å². The maximum atomic E-state index is 3.86. The van der Waals surface area contributed by atoms with E-state index in [-0.39, 0.29) is 0 Å². The van der Waals surface area contributed by atoms with E-state index >= 15 is 0 Å². The van der Waals surface area contributed by atoms with Crippen LogP contribution in [-0.2, 0) is 0 Å². The van der Waals surface area contributed by atoms with Crippen molar-refractivity contribution in [1.29, 1.82) is 0 Å². The Morgan fingerprint density at radius 1 is 1.45 bits per heavy atom. The third kappa shape index (κ3) is 0.888. The summed E-state index contributed by atoms with van der Waals surface area (Å²) < 4.78 is 0. The maximum absolute atomic E-state index is 3.86. The molecule has 1 N–H and O–H groups in total. The van der Waals surface area contributed by atoms with Crippen molar-refractivity contribution in [1.82, 2.24) is 15.4 Å². The summed E-state index contributed by atoms with van der Waals surface area (Å²) in [6.07, 6.45) is 0. The number of aryl methyl sites for hydroxylation is 2. The molecular weight excluding hydrogens is 138 g/mol. The third-order valence-corrected chi connectivity index (χ3v) is 1.83. The molecule has 0 aliphatic carbocycles. The zero-order valence-electron chi connectivity index (χ0n) is 6.47. The predicted octanol–water partition coefficient (Wildman–Crippen LogP) is 1.37. The number of fused-ring (bicyclic) bond motifs is 1. The van der Waals surface area contributed by atoms with Crippen LogP contribution in [-0.4, -0.2) is 15.4 Å². The van der Waals surface area contributed by atoms with Crippen molar-refractivity contribution in [3.63, 3.8) is 0 Å². The van der Waals surface area contributed by atoms with E-state index in [0.717, 1.165) is 16.6 Å². The van der Waals surface area contributed by atoms with Gasteiger partial charge >= 0.3 is 0 Å². The maximum Gasteiger partial charge on any atom is 0.121 e. The number of nitrogens with zero attached hydrogens (tertiary/aromatic N) is 2. The highest BCUT2D eigenvalue weighted by molar-refractivity contribution is 5.74. The lowest BCUT2D eigenvalue weighted by atomic mass is 10.1. The molecule has 1 aromatic heterocycles. The first-order valence-electron chi connectivity index (χ1n) is 3.47. The van der Waals surface area contributed by atoms with Gasteiger partial charge in [0.05, 0.1) is 5.52 Å². The Balaban J connectivity index is 2.86. The molecule has 0 spiro atoms. The van der Waals surface area contributed by atoms with Crippen molar-refractivity contribution in [2.24, 2.45) is 0 Å². The lowest BCUT2D eigenvalue weighted by molar-refractivity contribution is 0.959. The van der Waals surface area contributed by atoms with Gasteiger partial charge in [0.25, 0.3) is 0 Å². The van der Waals surface area contributed by atoms with Crippen molar-refractivity contribution in [3.8, 4) is 0 Å². The van der Waals surface area contributed by atoms with Gasteiger partial charge in [0.2, 0.25) is 0 Å². The van der Waals surface area contributed by atoms with Crippen LogP contribution < -0.4 is 0 Å². The highest BCUT2D eigenvalue weighted by atomic mass is 15.3. The summed E-state index contributed by atoms with van der Waals surface area (Å²) in [6, 6.07) is 5.16. The van der Waals surface area contributed by atoms with E-state index in [4.69, 9.17) is 0 Å². The Labute approximate surface area is 64.4 Å². The number of aromatic amines is 1. The highest BCUT2D eigenvalue weighted by Gasteiger charge is 1.99. The number of benzene rings is 1. The van der Waals surface area contributed by atoms with Crippen LogP contribution in [0.4, 0.5) is 0 Å². The van der Waals surface area contributed by atoms with Gasteiger partial charge in [0, 0.05) is 6.07 Å². The van der Waals surface area contributed by atoms with Gasteiger partial charge in [0.1, 0.15) is 5.52 Å². The fraction of sp³-hybridized carbons (Fsp3) is 0.250. The summed E-state index contributed by atoms with van der Waals surface area (Å²) in [6.45, 7) is 4.07. The molecule has 0 aliphatic rings. The first kappa shape index (κ1) is 6.34. The predicted molar refractivity (Wildman–Crippen MR) is 42.2 cm³/mol. The normalized spacial score (nSPS) is 10.7. The Hall–Kier alpha value is -1.38. The number of aromatic nitrogens is 3. The molecule has 1 heterocycles. The van der Waals surface area contributed by atoms with Crippen LogP contribution in [0.1, 0.15) is 11.1 Å². The van der Waals surface area contributed by atoms with Crippen LogP contribution in [0, 0.1) is 19.9 Å². The van der Waals surface area contributed by atoms with E-state index in [2.05, 4.69) is 21.5 Å². The molecule has 55 valence electrons. The molecule has 0 unspecified atom stereocenters. The summed E-state index contributed by atoms with van der Waals surface area (Å²) in [4.78, 5) is 0. The van der Waals surface area contributed by atoms with Crippen LogP contribution in [0.2, 0.25) is 0 Å². The van der Waals surface area contributed by atoms with Crippen molar-refractivity contribution in [3.05, 3.63) is 23.3 Å². The molecule has 2 aromatic rings. The van der Waals surface area contributed by atoms with Crippen LogP contribution in [0.15, 0.2) is 6.07 Å². The summed E-state index contributed by atoms with van der Waals surface area (Å²) >= 11 is 0. The molecule has 3 heteroatoms. The minimum absolute atomic E-state index is 0.813. The van der Waals surface area contributed by atoms with E-state index in [0.29, 0.717) is 0 Å². The van der Waals surface area contributed by atoms with Crippen molar-refractivity contribution in [2.45, 2.75) is 13.8 Å². The average molecular weight is 146 g/mol. The lowest BCUT2D eigenvalue weighted by Gasteiger charge is -1.95. The van der Waals surface area contributed by atoms with Crippen molar-refractivity contribution >= 4 is 11.0 Å². The minimum Gasteiger partial charge on any atom is -0.258 e. The van der Waals surface area contributed by atoms with Gasteiger partial charge < -0.3 is 0 Å². The Morgan fingerprint density at radius 3 is 3.09 bits per heavy atom.